The second kappa shape index (κ2) is 55.1. The minimum Gasteiger partial charge on any atom is -0.481 e. The largest absolute Gasteiger partial charge is 0.481 e. The predicted octanol–water partition coefficient (Wildman–Crippen LogP) is 22.1. The normalized spacial score (nSPS) is 11.5. The van der Waals surface area contributed by atoms with Crippen molar-refractivity contribution in [1.82, 2.24) is 0 Å². The molecule has 0 radical (unpaired) electrons. The number of aliphatic carboxylic acids is 1. The molecule has 0 amide bonds. The number of hydrogen-bond donors (Lipinski definition) is 1. The molecule has 67 heavy (non-hydrogen) atoms. The smallest absolute Gasteiger partial charge is 0.311 e. The van der Waals surface area contributed by atoms with Crippen molar-refractivity contribution in [2.24, 2.45) is 0 Å². The molecule has 0 fully saturated rings. The van der Waals surface area contributed by atoms with Gasteiger partial charge in [0.25, 0.3) is 0 Å². The first-order chi connectivity index (χ1) is 33.2. The van der Waals surface area contributed by atoms with Crippen molar-refractivity contribution < 1.29 is 19.4 Å². The van der Waals surface area contributed by atoms with E-state index in [1.807, 2.05) is 30.3 Å². The van der Waals surface area contributed by atoms with Gasteiger partial charge in [-0.1, -0.05) is 346 Å². The molecule has 0 aliphatic heterocycles. The summed E-state index contributed by atoms with van der Waals surface area (Å²) in [5.41, 5.74) is 0. The van der Waals surface area contributed by atoms with Gasteiger partial charge in [-0.15, -0.1) is 0 Å². The van der Waals surface area contributed by atoms with E-state index in [4.69, 9.17) is 9.84 Å². The first kappa shape index (κ1) is 63.2. The highest BCUT2D eigenvalue weighted by molar-refractivity contribution is 5.72. The number of ether oxygens (including phenoxy) is 1. The second-order valence-electron chi connectivity index (χ2n) is 21.4. The number of carboxylic acids is 1. The molecule has 0 saturated carbocycles. The number of carbonyl (C=O) groups excluding carboxylic acids is 1. The van der Waals surface area contributed by atoms with Crippen LogP contribution in [0, 0.1) is 0 Å². The fourth-order valence-corrected chi connectivity index (χ4v) is 10.2. The van der Waals surface area contributed by atoms with Gasteiger partial charge in [-0.25, -0.2) is 0 Å². The van der Waals surface area contributed by atoms with Crippen molar-refractivity contribution in [3.8, 4) is 5.75 Å². The number of carboxylic acid groups (broad SMARTS) is 1. The molecule has 0 saturated heterocycles. The molecule has 0 aliphatic rings. The molecule has 1 aromatic carbocycles. The minimum absolute atomic E-state index is 0.101. The SMILES string of the molecule is O=C(O)CCCCCCCCCCCCCCCCCCCCCCCCCCCCCCCCCCCCCCCCCCCCCCCCCCCCCCCC(=O)Oc1ccccc1. The summed E-state index contributed by atoms with van der Waals surface area (Å²) in [6, 6.07) is 9.41. The highest BCUT2D eigenvalue weighted by Crippen LogP contribution is 2.20. The van der Waals surface area contributed by atoms with E-state index in [0.29, 0.717) is 18.6 Å². The summed E-state index contributed by atoms with van der Waals surface area (Å²) < 4.78 is 5.36. The van der Waals surface area contributed by atoms with Crippen molar-refractivity contribution in [3.05, 3.63) is 30.3 Å². The number of benzene rings is 1. The highest BCUT2D eigenvalue weighted by Gasteiger charge is 2.05. The van der Waals surface area contributed by atoms with Crippen LogP contribution in [-0.4, -0.2) is 17.0 Å². The van der Waals surface area contributed by atoms with Crippen LogP contribution in [0.3, 0.4) is 0 Å². The molecule has 0 spiro atoms. The molecular weight excluding hydrogens is 821 g/mol. The lowest BCUT2D eigenvalue weighted by Gasteiger charge is -2.05. The van der Waals surface area contributed by atoms with Crippen molar-refractivity contribution in [1.29, 1.82) is 0 Å². The lowest BCUT2D eigenvalue weighted by atomic mass is 10.0. The Morgan fingerprint density at radius 1 is 0.254 bits per heavy atom. The zero-order valence-corrected chi connectivity index (χ0v) is 44.9. The van der Waals surface area contributed by atoms with E-state index in [2.05, 4.69) is 0 Å². The molecule has 4 heteroatoms. The Hall–Kier alpha value is -1.84. The summed E-state index contributed by atoms with van der Waals surface area (Å²) in [7, 11) is 0. The van der Waals surface area contributed by atoms with Crippen LogP contribution < -0.4 is 4.74 Å². The fraction of sp³-hybridized carbons (Fsp3) is 0.873. The van der Waals surface area contributed by atoms with E-state index in [-0.39, 0.29) is 5.97 Å². The fourth-order valence-electron chi connectivity index (χ4n) is 10.2. The van der Waals surface area contributed by atoms with E-state index in [1.165, 1.54) is 315 Å². The van der Waals surface area contributed by atoms with E-state index in [1.54, 1.807) is 0 Å². The van der Waals surface area contributed by atoms with Gasteiger partial charge in [0.2, 0.25) is 0 Å². The van der Waals surface area contributed by atoms with Crippen molar-refractivity contribution in [3.63, 3.8) is 0 Å². The van der Waals surface area contributed by atoms with Crippen LogP contribution in [0.2, 0.25) is 0 Å². The average molecular weight is 938 g/mol. The van der Waals surface area contributed by atoms with Crippen LogP contribution in [0.25, 0.3) is 0 Å². The number of para-hydroxylation sites is 1. The van der Waals surface area contributed by atoms with Crippen molar-refractivity contribution in [2.75, 3.05) is 0 Å². The monoisotopic (exact) mass is 937 g/mol. The van der Waals surface area contributed by atoms with E-state index >= 15 is 0 Å². The van der Waals surface area contributed by atoms with Gasteiger partial charge in [0, 0.05) is 12.8 Å². The third-order valence-corrected chi connectivity index (χ3v) is 14.7. The predicted molar refractivity (Wildman–Crippen MR) is 294 cm³/mol. The highest BCUT2D eigenvalue weighted by atomic mass is 16.5. The quantitative estimate of drug-likeness (QED) is 0.0402. The summed E-state index contributed by atoms with van der Waals surface area (Å²) in [6.07, 6.45) is 75.2. The van der Waals surface area contributed by atoms with E-state index in [0.717, 1.165) is 25.7 Å². The summed E-state index contributed by atoms with van der Waals surface area (Å²) in [4.78, 5) is 22.4. The Bertz CT molecular complexity index is 1100. The van der Waals surface area contributed by atoms with Gasteiger partial charge in [0.05, 0.1) is 0 Å². The standard InChI is InChI=1S/C63H116O4/c64-62(65)59-55-50-48-46-44-42-40-38-36-34-32-30-28-26-24-22-20-18-16-14-12-10-8-6-4-2-1-3-5-7-9-11-13-15-17-19-21-23-25-27-29-31-33-35-37-39-41-43-45-47-49-51-56-60-63(66)67-61-57-53-52-54-58-61/h52-54,57-58H,1-51,55-56,59-60H2,(H,64,65). The minimum atomic E-state index is -0.648. The maximum absolute atomic E-state index is 11.9. The molecule has 0 heterocycles. The van der Waals surface area contributed by atoms with Crippen LogP contribution in [0.4, 0.5) is 0 Å². The molecule has 0 aliphatic carbocycles. The Kier molecular flexibility index (Phi) is 51.9. The molecule has 1 N–H and O–H groups in total. The summed E-state index contributed by atoms with van der Waals surface area (Å²) in [6.45, 7) is 0. The Balaban J connectivity index is 1.60. The van der Waals surface area contributed by atoms with Gasteiger partial charge in [-0.2, -0.15) is 0 Å². The van der Waals surface area contributed by atoms with Gasteiger partial charge in [-0.05, 0) is 25.0 Å². The van der Waals surface area contributed by atoms with E-state index < -0.39 is 5.97 Å². The van der Waals surface area contributed by atoms with Crippen LogP contribution >= 0.6 is 0 Å². The maximum atomic E-state index is 11.9. The molecule has 0 aromatic heterocycles. The number of hydrogen-bond acceptors (Lipinski definition) is 3. The first-order valence-electron chi connectivity index (χ1n) is 30.7. The van der Waals surface area contributed by atoms with Crippen molar-refractivity contribution in [2.45, 2.75) is 353 Å². The van der Waals surface area contributed by atoms with Crippen LogP contribution in [0.15, 0.2) is 30.3 Å². The van der Waals surface area contributed by atoms with Crippen LogP contribution in [-0.2, 0) is 9.59 Å². The second-order valence-corrected chi connectivity index (χ2v) is 21.4. The van der Waals surface area contributed by atoms with Gasteiger partial charge < -0.3 is 9.84 Å². The first-order valence-corrected chi connectivity index (χ1v) is 30.7. The number of unbranched alkanes of at least 4 members (excludes halogenated alkanes) is 52. The topological polar surface area (TPSA) is 63.6 Å². The molecule has 1 aromatic rings. The molecule has 1 rings (SSSR count). The lowest BCUT2D eigenvalue weighted by molar-refractivity contribution is -0.137. The van der Waals surface area contributed by atoms with Gasteiger partial charge in [0.15, 0.2) is 0 Å². The number of carbonyl (C=O) groups is 2. The maximum Gasteiger partial charge on any atom is 0.311 e. The lowest BCUT2D eigenvalue weighted by Crippen LogP contribution is -2.07. The van der Waals surface area contributed by atoms with Gasteiger partial charge in [-0.3, -0.25) is 9.59 Å². The Morgan fingerprint density at radius 2 is 0.418 bits per heavy atom. The third kappa shape index (κ3) is 53.4. The van der Waals surface area contributed by atoms with Gasteiger partial charge in [0.1, 0.15) is 5.75 Å². The number of esters is 1. The molecule has 392 valence electrons. The third-order valence-electron chi connectivity index (χ3n) is 14.7. The van der Waals surface area contributed by atoms with Gasteiger partial charge >= 0.3 is 11.9 Å². The number of rotatable bonds is 57. The molecule has 0 atom stereocenters. The zero-order valence-electron chi connectivity index (χ0n) is 44.9. The average Bonchev–Trinajstić information content (AvgIpc) is 3.33. The van der Waals surface area contributed by atoms with Crippen LogP contribution in [0.1, 0.15) is 353 Å². The molecule has 0 bridgehead atoms. The Labute approximate surface area is 418 Å². The zero-order chi connectivity index (χ0) is 47.9. The summed E-state index contributed by atoms with van der Waals surface area (Å²) in [5.74, 6) is -0.0938. The molecule has 4 nitrogen and oxygen atoms in total. The van der Waals surface area contributed by atoms with Crippen LogP contribution in [0.5, 0.6) is 5.75 Å². The molecular formula is C63H116O4. The molecule has 0 unspecified atom stereocenters. The van der Waals surface area contributed by atoms with Crippen molar-refractivity contribution >= 4 is 11.9 Å². The summed E-state index contributed by atoms with van der Waals surface area (Å²) >= 11 is 0. The Morgan fingerprint density at radius 3 is 0.597 bits per heavy atom. The summed E-state index contributed by atoms with van der Waals surface area (Å²) in [5, 5.41) is 8.68. The van der Waals surface area contributed by atoms with E-state index in [9.17, 15) is 9.59 Å².